The average molecular weight is 469 g/mol. The second kappa shape index (κ2) is 9.11. The Balaban J connectivity index is 1.54. The van der Waals surface area contributed by atoms with E-state index in [1.165, 1.54) is 11.8 Å². The Bertz CT molecular complexity index is 1100. The molecule has 0 saturated heterocycles. The monoisotopic (exact) mass is 468 g/mol. The molecule has 1 N–H and O–H groups in total. The first-order valence-corrected chi connectivity index (χ1v) is 10.7. The van der Waals surface area contributed by atoms with E-state index in [4.69, 9.17) is 4.42 Å². The van der Waals surface area contributed by atoms with E-state index in [-0.39, 0.29) is 11.7 Å². The number of hydrogen-bond acceptors (Lipinski definition) is 5. The van der Waals surface area contributed by atoms with Gasteiger partial charge in [-0.1, -0.05) is 60.3 Å². The summed E-state index contributed by atoms with van der Waals surface area (Å²) >= 11 is 4.67. The topological polar surface area (TPSA) is 73.0 Å². The number of nitrogens with one attached hydrogen (secondary N) is 1. The van der Waals surface area contributed by atoms with Crippen LogP contribution >= 0.6 is 27.7 Å². The van der Waals surface area contributed by atoms with Crippen molar-refractivity contribution in [3.63, 3.8) is 0 Å². The molecular weight excluding hydrogens is 452 g/mol. The maximum Gasteiger partial charge on any atom is 0.234 e. The fraction of sp³-hybridized carbons (Fsp3) is 0.0952. The van der Waals surface area contributed by atoms with Crippen LogP contribution in [-0.2, 0) is 11.3 Å². The van der Waals surface area contributed by atoms with Gasteiger partial charge in [0, 0.05) is 5.69 Å². The first-order chi connectivity index (χ1) is 14.2. The van der Waals surface area contributed by atoms with Crippen molar-refractivity contribution in [3.05, 3.63) is 83.0 Å². The standard InChI is InChI=1S/C21H17BrN4O2S/c22-18-12-11-17(28-18)20-24-25-21(26(20)13-15-7-3-1-4-8-15)29-14-19(27)23-16-9-5-2-6-10-16/h1-12H,13-14H2,(H,23,27). The Hall–Kier alpha value is -2.84. The van der Waals surface area contributed by atoms with Crippen LogP contribution in [0, 0.1) is 0 Å². The predicted molar refractivity (Wildman–Crippen MR) is 117 cm³/mol. The number of hydrogen-bond donors (Lipinski definition) is 1. The molecule has 1 amide bonds. The second-order valence-corrected chi connectivity index (χ2v) is 7.91. The third-order valence-corrected chi connectivity index (χ3v) is 5.48. The van der Waals surface area contributed by atoms with E-state index in [1.807, 2.05) is 77.4 Å². The smallest absolute Gasteiger partial charge is 0.234 e. The van der Waals surface area contributed by atoms with Crippen molar-refractivity contribution in [2.45, 2.75) is 11.7 Å². The molecule has 29 heavy (non-hydrogen) atoms. The zero-order valence-corrected chi connectivity index (χ0v) is 17.7. The molecular formula is C21H17BrN4O2S. The number of rotatable bonds is 7. The molecule has 4 rings (SSSR count). The summed E-state index contributed by atoms with van der Waals surface area (Å²) < 4.78 is 8.25. The van der Waals surface area contributed by atoms with Crippen LogP contribution in [0.3, 0.4) is 0 Å². The van der Waals surface area contributed by atoms with Gasteiger partial charge in [-0.15, -0.1) is 10.2 Å². The Morgan fingerprint density at radius 3 is 2.41 bits per heavy atom. The van der Waals surface area contributed by atoms with Gasteiger partial charge in [0.15, 0.2) is 15.6 Å². The highest BCUT2D eigenvalue weighted by molar-refractivity contribution is 9.10. The summed E-state index contributed by atoms with van der Waals surface area (Å²) in [5, 5.41) is 12.1. The highest BCUT2D eigenvalue weighted by Crippen LogP contribution is 2.28. The average Bonchev–Trinajstić information content (AvgIpc) is 3.34. The third-order valence-electron chi connectivity index (χ3n) is 4.08. The lowest BCUT2D eigenvalue weighted by Gasteiger charge is -2.09. The maximum atomic E-state index is 12.3. The van der Waals surface area contributed by atoms with Crippen LogP contribution < -0.4 is 5.32 Å². The first-order valence-electron chi connectivity index (χ1n) is 8.89. The van der Waals surface area contributed by atoms with Gasteiger partial charge in [0.05, 0.1) is 12.3 Å². The van der Waals surface area contributed by atoms with E-state index < -0.39 is 0 Å². The molecule has 2 aromatic carbocycles. The number of para-hydroxylation sites is 1. The number of furan rings is 1. The van der Waals surface area contributed by atoms with Gasteiger partial charge in [0.1, 0.15) is 0 Å². The van der Waals surface area contributed by atoms with E-state index in [0.717, 1.165) is 11.3 Å². The summed E-state index contributed by atoms with van der Waals surface area (Å²) in [6.07, 6.45) is 0. The minimum Gasteiger partial charge on any atom is -0.446 e. The molecule has 8 heteroatoms. The van der Waals surface area contributed by atoms with Gasteiger partial charge in [-0.2, -0.15) is 0 Å². The van der Waals surface area contributed by atoms with Crippen LogP contribution in [0.15, 0.2) is 87.0 Å². The van der Waals surface area contributed by atoms with Crippen LogP contribution in [-0.4, -0.2) is 26.4 Å². The van der Waals surface area contributed by atoms with Crippen LogP contribution in [0.25, 0.3) is 11.6 Å². The third kappa shape index (κ3) is 4.96. The van der Waals surface area contributed by atoms with Crippen LogP contribution in [0.4, 0.5) is 5.69 Å². The summed E-state index contributed by atoms with van der Waals surface area (Å²) in [5.41, 5.74) is 1.87. The summed E-state index contributed by atoms with van der Waals surface area (Å²) in [6.45, 7) is 0.574. The highest BCUT2D eigenvalue weighted by atomic mass is 79.9. The molecule has 0 fully saturated rings. The van der Waals surface area contributed by atoms with Gasteiger partial charge in [-0.3, -0.25) is 9.36 Å². The van der Waals surface area contributed by atoms with Crippen molar-refractivity contribution in [1.29, 1.82) is 0 Å². The van der Waals surface area contributed by atoms with Crippen LogP contribution in [0.2, 0.25) is 0 Å². The Labute approximate surface area is 180 Å². The van der Waals surface area contributed by atoms with Gasteiger partial charge < -0.3 is 9.73 Å². The molecule has 0 radical (unpaired) electrons. The lowest BCUT2D eigenvalue weighted by Crippen LogP contribution is -2.14. The molecule has 2 heterocycles. The number of halogens is 1. The fourth-order valence-electron chi connectivity index (χ4n) is 2.77. The first kappa shape index (κ1) is 19.5. The van der Waals surface area contributed by atoms with E-state index in [1.54, 1.807) is 0 Å². The molecule has 2 aromatic heterocycles. The number of anilines is 1. The SMILES string of the molecule is O=C(CSc1nnc(-c2ccc(Br)o2)n1Cc1ccccc1)Nc1ccccc1. The van der Waals surface area contributed by atoms with Crippen molar-refractivity contribution < 1.29 is 9.21 Å². The Morgan fingerprint density at radius 1 is 1.00 bits per heavy atom. The second-order valence-electron chi connectivity index (χ2n) is 6.18. The largest absolute Gasteiger partial charge is 0.446 e. The molecule has 0 unspecified atom stereocenters. The summed E-state index contributed by atoms with van der Waals surface area (Å²) in [7, 11) is 0. The van der Waals surface area contributed by atoms with Gasteiger partial charge in [0.25, 0.3) is 0 Å². The lowest BCUT2D eigenvalue weighted by atomic mass is 10.2. The number of thioether (sulfide) groups is 1. The fourth-order valence-corrected chi connectivity index (χ4v) is 3.81. The molecule has 6 nitrogen and oxygen atoms in total. The molecule has 0 atom stereocenters. The Kier molecular flexibility index (Phi) is 6.12. The molecule has 0 aliphatic heterocycles. The Morgan fingerprint density at radius 2 is 1.72 bits per heavy atom. The maximum absolute atomic E-state index is 12.3. The van der Waals surface area contributed by atoms with Gasteiger partial charge >= 0.3 is 0 Å². The van der Waals surface area contributed by atoms with E-state index in [9.17, 15) is 4.79 Å². The number of nitrogens with zero attached hydrogens (tertiary/aromatic N) is 3. The summed E-state index contributed by atoms with van der Waals surface area (Å²) in [5.74, 6) is 1.35. The van der Waals surface area contributed by atoms with Gasteiger partial charge in [0.2, 0.25) is 11.7 Å². The van der Waals surface area contributed by atoms with Crippen LogP contribution in [0.5, 0.6) is 0 Å². The van der Waals surface area contributed by atoms with Gasteiger partial charge in [-0.05, 0) is 45.8 Å². The van der Waals surface area contributed by atoms with Crippen molar-refractivity contribution >= 4 is 39.3 Å². The van der Waals surface area contributed by atoms with E-state index in [0.29, 0.717) is 28.0 Å². The quantitative estimate of drug-likeness (QED) is 0.382. The number of benzene rings is 2. The molecule has 0 aliphatic rings. The lowest BCUT2D eigenvalue weighted by molar-refractivity contribution is -0.113. The van der Waals surface area contributed by atoms with E-state index >= 15 is 0 Å². The normalized spacial score (nSPS) is 10.8. The highest BCUT2D eigenvalue weighted by Gasteiger charge is 2.18. The van der Waals surface area contributed by atoms with Crippen molar-refractivity contribution in [2.24, 2.45) is 0 Å². The summed E-state index contributed by atoms with van der Waals surface area (Å²) in [6, 6.07) is 23.1. The van der Waals surface area contributed by atoms with Crippen LogP contribution in [0.1, 0.15) is 5.56 Å². The zero-order valence-electron chi connectivity index (χ0n) is 15.3. The molecule has 0 saturated carbocycles. The van der Waals surface area contributed by atoms with Gasteiger partial charge in [-0.25, -0.2) is 0 Å². The predicted octanol–water partition coefficient (Wildman–Crippen LogP) is 5.08. The molecule has 0 aliphatic carbocycles. The van der Waals surface area contributed by atoms with Crippen molar-refractivity contribution in [2.75, 3.05) is 11.1 Å². The zero-order chi connectivity index (χ0) is 20.1. The summed E-state index contributed by atoms with van der Waals surface area (Å²) in [4.78, 5) is 12.3. The number of carbonyl (C=O) groups is 1. The van der Waals surface area contributed by atoms with E-state index in [2.05, 4.69) is 31.4 Å². The molecule has 0 bridgehead atoms. The molecule has 4 aromatic rings. The van der Waals surface area contributed by atoms with Crippen molar-refractivity contribution in [1.82, 2.24) is 14.8 Å². The minimum atomic E-state index is -0.0993. The van der Waals surface area contributed by atoms with Crippen molar-refractivity contribution in [3.8, 4) is 11.6 Å². The minimum absolute atomic E-state index is 0.0993. The number of carbonyl (C=O) groups excluding carboxylic acids is 1. The number of amides is 1. The number of aromatic nitrogens is 3. The molecule has 0 spiro atoms. The molecule has 146 valence electrons.